The molecule has 0 bridgehead atoms. The number of carbonyl (C=O) groups is 1. The summed E-state index contributed by atoms with van der Waals surface area (Å²) in [6.07, 6.45) is 2.49. The second kappa shape index (κ2) is 6.85. The van der Waals surface area contributed by atoms with Gasteiger partial charge >= 0.3 is 0 Å². The van der Waals surface area contributed by atoms with Gasteiger partial charge in [0.25, 0.3) is 15.9 Å². The summed E-state index contributed by atoms with van der Waals surface area (Å²) in [7, 11) is -2.29. The first kappa shape index (κ1) is 16.6. The van der Waals surface area contributed by atoms with Crippen LogP contribution in [0.2, 0.25) is 0 Å². The van der Waals surface area contributed by atoms with E-state index in [2.05, 4.69) is 5.10 Å². The summed E-state index contributed by atoms with van der Waals surface area (Å²) in [4.78, 5) is 11.7. The molecule has 1 heterocycles. The lowest BCUT2D eigenvalue weighted by Crippen LogP contribution is -2.38. The highest BCUT2D eigenvalue weighted by Crippen LogP contribution is 2.07. The highest BCUT2D eigenvalue weighted by atomic mass is 32.2. The third kappa shape index (κ3) is 4.93. The predicted molar refractivity (Wildman–Crippen MR) is 73.4 cm³/mol. The lowest BCUT2D eigenvalue weighted by atomic mass is 10.1. The number of rotatable bonds is 7. The number of nitrogens with one attached hydrogen (secondary N) is 1. The number of carbonyl (C=O) groups excluding carboxylic acids is 1. The van der Waals surface area contributed by atoms with Crippen molar-refractivity contribution in [3.63, 3.8) is 0 Å². The van der Waals surface area contributed by atoms with Crippen molar-refractivity contribution >= 4 is 15.9 Å². The van der Waals surface area contributed by atoms with Crippen molar-refractivity contribution in [3.05, 3.63) is 12.4 Å². The molecule has 114 valence electrons. The Kier molecular flexibility index (Phi) is 5.70. The number of sulfonamides is 1. The Hall–Kier alpha value is -1.41. The topological polar surface area (TPSA) is 90.3 Å². The van der Waals surface area contributed by atoms with Gasteiger partial charge in [-0.05, 0) is 19.3 Å². The van der Waals surface area contributed by atoms with Crippen molar-refractivity contribution < 1.29 is 17.9 Å². The Morgan fingerprint density at radius 1 is 1.45 bits per heavy atom. The van der Waals surface area contributed by atoms with Gasteiger partial charge in [0.2, 0.25) is 0 Å². The number of hydrogen-bond donors (Lipinski definition) is 1. The maximum atomic E-state index is 11.9. The number of aryl methyl sites for hydroxylation is 1. The van der Waals surface area contributed by atoms with Crippen molar-refractivity contribution in [3.8, 4) is 0 Å². The van der Waals surface area contributed by atoms with Gasteiger partial charge in [-0.3, -0.25) is 9.48 Å². The van der Waals surface area contributed by atoms with Gasteiger partial charge < -0.3 is 4.74 Å². The monoisotopic (exact) mass is 303 g/mol. The average molecular weight is 303 g/mol. The molecule has 0 spiro atoms. The van der Waals surface area contributed by atoms with Crippen LogP contribution < -0.4 is 4.72 Å². The van der Waals surface area contributed by atoms with Gasteiger partial charge in [-0.15, -0.1) is 0 Å². The van der Waals surface area contributed by atoms with Crippen LogP contribution in [0.1, 0.15) is 27.2 Å². The third-order valence-corrected chi connectivity index (χ3v) is 3.96. The van der Waals surface area contributed by atoms with Crippen LogP contribution in [0.4, 0.5) is 0 Å². The Morgan fingerprint density at radius 3 is 2.60 bits per heavy atom. The van der Waals surface area contributed by atoms with E-state index in [1.54, 1.807) is 7.05 Å². The molecule has 1 amide bonds. The zero-order valence-electron chi connectivity index (χ0n) is 12.2. The standard InChI is InChI=1S/C12H21N3O4S/c1-9(2)5-6-19-10(3)12(16)14-20(17,18)11-7-13-15(4)8-11/h7-10H,5-6H2,1-4H3,(H,14,16)/t10-/m0/s1. The minimum Gasteiger partial charge on any atom is -0.369 e. The van der Waals surface area contributed by atoms with Crippen LogP contribution in [0.15, 0.2) is 17.3 Å². The van der Waals surface area contributed by atoms with Gasteiger partial charge in [0.05, 0.1) is 6.20 Å². The fourth-order valence-electron chi connectivity index (χ4n) is 1.37. The van der Waals surface area contributed by atoms with E-state index in [-0.39, 0.29) is 4.90 Å². The van der Waals surface area contributed by atoms with Crippen molar-refractivity contribution in [2.45, 2.75) is 38.2 Å². The molecule has 7 nitrogen and oxygen atoms in total. The molecule has 20 heavy (non-hydrogen) atoms. The normalized spacial score (nSPS) is 13.4. The molecule has 1 rings (SSSR count). The van der Waals surface area contributed by atoms with Crippen molar-refractivity contribution in [2.24, 2.45) is 13.0 Å². The minimum atomic E-state index is -3.89. The summed E-state index contributed by atoms with van der Waals surface area (Å²) < 4.78 is 32.4. The van der Waals surface area contributed by atoms with Crippen LogP contribution in [-0.4, -0.2) is 36.8 Å². The van der Waals surface area contributed by atoms with Crippen molar-refractivity contribution in [2.75, 3.05) is 6.61 Å². The Balaban J connectivity index is 2.56. The fourth-order valence-corrected chi connectivity index (χ4v) is 2.39. The molecule has 1 aromatic heterocycles. The highest BCUT2D eigenvalue weighted by Gasteiger charge is 2.23. The Bertz CT molecular complexity index is 551. The number of amides is 1. The molecule has 0 saturated heterocycles. The summed E-state index contributed by atoms with van der Waals surface area (Å²) in [5.41, 5.74) is 0. The van der Waals surface area contributed by atoms with E-state index < -0.39 is 22.0 Å². The SMILES string of the molecule is CC(C)CCO[C@@H](C)C(=O)NS(=O)(=O)c1cnn(C)c1. The van der Waals surface area contributed by atoms with E-state index in [0.717, 1.165) is 6.42 Å². The second-order valence-electron chi connectivity index (χ2n) is 5.01. The van der Waals surface area contributed by atoms with Gasteiger partial charge in [-0.1, -0.05) is 13.8 Å². The summed E-state index contributed by atoms with van der Waals surface area (Å²) in [6.45, 7) is 6.02. The Labute approximate surface area is 119 Å². The maximum absolute atomic E-state index is 11.9. The van der Waals surface area contributed by atoms with Crippen LogP contribution in [0.3, 0.4) is 0 Å². The van der Waals surface area contributed by atoms with Crippen molar-refractivity contribution in [1.82, 2.24) is 14.5 Å². The molecule has 0 unspecified atom stereocenters. The summed E-state index contributed by atoms with van der Waals surface area (Å²) in [5, 5.41) is 3.76. The van der Waals surface area contributed by atoms with E-state index in [1.807, 2.05) is 18.6 Å². The first-order chi connectivity index (χ1) is 9.22. The molecule has 0 fully saturated rings. The molecule has 0 aliphatic rings. The quantitative estimate of drug-likeness (QED) is 0.800. The van der Waals surface area contributed by atoms with Gasteiger partial charge in [-0.25, -0.2) is 13.1 Å². The lowest BCUT2D eigenvalue weighted by Gasteiger charge is -2.13. The van der Waals surface area contributed by atoms with Crippen molar-refractivity contribution in [1.29, 1.82) is 0 Å². The van der Waals surface area contributed by atoms with E-state index in [4.69, 9.17) is 4.74 Å². The summed E-state index contributed by atoms with van der Waals surface area (Å²) in [6, 6.07) is 0. The smallest absolute Gasteiger partial charge is 0.267 e. The summed E-state index contributed by atoms with van der Waals surface area (Å²) >= 11 is 0. The number of nitrogens with zero attached hydrogens (tertiary/aromatic N) is 2. The molecule has 1 atom stereocenters. The van der Waals surface area contributed by atoms with Crippen LogP contribution in [-0.2, 0) is 26.6 Å². The molecule has 8 heteroatoms. The zero-order valence-corrected chi connectivity index (χ0v) is 13.0. The van der Waals surface area contributed by atoms with Crippen LogP contribution in [0, 0.1) is 5.92 Å². The molecule has 1 aromatic rings. The molecule has 0 aliphatic carbocycles. The number of hydrogen-bond acceptors (Lipinski definition) is 5. The highest BCUT2D eigenvalue weighted by molar-refractivity contribution is 7.90. The molecular formula is C12H21N3O4S. The Morgan fingerprint density at radius 2 is 2.10 bits per heavy atom. The molecule has 1 N–H and O–H groups in total. The van der Waals surface area contributed by atoms with Gasteiger partial charge in [-0.2, -0.15) is 5.10 Å². The molecular weight excluding hydrogens is 282 g/mol. The first-order valence-electron chi connectivity index (χ1n) is 6.39. The molecule has 0 aliphatic heterocycles. The summed E-state index contributed by atoms with van der Waals surface area (Å²) in [5.74, 6) is -0.220. The fraction of sp³-hybridized carbons (Fsp3) is 0.667. The maximum Gasteiger partial charge on any atom is 0.267 e. The zero-order chi connectivity index (χ0) is 15.3. The largest absolute Gasteiger partial charge is 0.369 e. The van der Waals surface area contributed by atoms with Crippen LogP contribution >= 0.6 is 0 Å². The van der Waals surface area contributed by atoms with E-state index in [1.165, 1.54) is 24.0 Å². The first-order valence-corrected chi connectivity index (χ1v) is 7.87. The molecule has 0 radical (unpaired) electrons. The average Bonchev–Trinajstić information content (AvgIpc) is 2.75. The van der Waals surface area contributed by atoms with Gasteiger partial charge in [0.1, 0.15) is 11.0 Å². The van der Waals surface area contributed by atoms with E-state index >= 15 is 0 Å². The number of aromatic nitrogens is 2. The molecule has 0 aromatic carbocycles. The lowest BCUT2D eigenvalue weighted by molar-refractivity contribution is -0.130. The van der Waals surface area contributed by atoms with Gasteiger partial charge in [0.15, 0.2) is 0 Å². The predicted octanol–water partition coefficient (Wildman–Crippen LogP) is 0.676. The van der Waals surface area contributed by atoms with E-state index in [9.17, 15) is 13.2 Å². The van der Waals surface area contributed by atoms with Gasteiger partial charge in [0, 0.05) is 19.9 Å². The third-order valence-electron chi connectivity index (χ3n) is 2.66. The van der Waals surface area contributed by atoms with Crippen LogP contribution in [0.5, 0.6) is 0 Å². The van der Waals surface area contributed by atoms with Crippen LogP contribution in [0.25, 0.3) is 0 Å². The molecule has 0 saturated carbocycles. The number of ether oxygens (including phenoxy) is 1. The minimum absolute atomic E-state index is 0.0530. The van der Waals surface area contributed by atoms with E-state index in [0.29, 0.717) is 12.5 Å². The second-order valence-corrected chi connectivity index (χ2v) is 6.70.